The van der Waals surface area contributed by atoms with Gasteiger partial charge in [-0.2, -0.15) is 0 Å². The molecular formula is C20H22INO3. The maximum Gasteiger partial charge on any atom is 0.315 e. The summed E-state index contributed by atoms with van der Waals surface area (Å²) in [6.07, 6.45) is 2.85. The van der Waals surface area contributed by atoms with E-state index in [1.54, 1.807) is 6.92 Å². The number of aliphatic imine (C=N–C) groups is 1. The molecule has 1 aromatic rings. The van der Waals surface area contributed by atoms with Crippen molar-refractivity contribution >= 4 is 40.1 Å². The Morgan fingerprint density at radius 1 is 1.32 bits per heavy atom. The van der Waals surface area contributed by atoms with Crippen molar-refractivity contribution < 1.29 is 14.3 Å². The molecule has 2 atom stereocenters. The Labute approximate surface area is 161 Å². The largest absolute Gasteiger partial charge is 0.465 e. The Morgan fingerprint density at radius 2 is 2.12 bits per heavy atom. The second kappa shape index (κ2) is 7.81. The molecule has 0 bridgehead atoms. The van der Waals surface area contributed by atoms with Gasteiger partial charge in [-0.1, -0.05) is 19.1 Å². The summed E-state index contributed by atoms with van der Waals surface area (Å²) in [5.41, 5.74) is 3.42. The van der Waals surface area contributed by atoms with E-state index in [2.05, 4.69) is 28.7 Å². The van der Waals surface area contributed by atoms with Crippen molar-refractivity contribution in [2.24, 2.45) is 10.9 Å². The first-order valence-electron chi connectivity index (χ1n) is 8.82. The zero-order valence-electron chi connectivity index (χ0n) is 14.5. The van der Waals surface area contributed by atoms with Crippen LogP contribution in [-0.4, -0.2) is 24.1 Å². The molecule has 0 fully saturated rings. The molecule has 0 saturated carbocycles. The fourth-order valence-electron chi connectivity index (χ4n) is 3.78. The molecule has 5 heteroatoms. The molecule has 25 heavy (non-hydrogen) atoms. The monoisotopic (exact) mass is 451 g/mol. The summed E-state index contributed by atoms with van der Waals surface area (Å²) < 4.78 is 6.44. The molecule has 132 valence electrons. The van der Waals surface area contributed by atoms with Crippen molar-refractivity contribution in [3.8, 4) is 0 Å². The van der Waals surface area contributed by atoms with E-state index >= 15 is 0 Å². The summed E-state index contributed by atoms with van der Waals surface area (Å²) in [6, 6.07) is 8.05. The van der Waals surface area contributed by atoms with E-state index < -0.39 is 5.92 Å². The number of rotatable bonds is 4. The van der Waals surface area contributed by atoms with E-state index in [0.29, 0.717) is 19.4 Å². The van der Waals surface area contributed by atoms with Crippen LogP contribution in [0, 0.1) is 9.49 Å². The molecule has 1 aliphatic heterocycles. The minimum absolute atomic E-state index is 0.123. The fourth-order valence-corrected chi connectivity index (χ4v) is 4.35. The normalized spacial score (nSPS) is 23.2. The van der Waals surface area contributed by atoms with E-state index in [0.717, 1.165) is 39.0 Å². The number of allylic oxidation sites excluding steroid dienone is 2. The minimum atomic E-state index is -0.510. The first-order valence-corrected chi connectivity index (χ1v) is 9.90. The number of hydrogen-bond acceptors (Lipinski definition) is 4. The summed E-state index contributed by atoms with van der Waals surface area (Å²) in [5.74, 6) is -0.955. The molecule has 0 amide bonds. The number of esters is 1. The van der Waals surface area contributed by atoms with Crippen molar-refractivity contribution in [3.05, 3.63) is 44.7 Å². The van der Waals surface area contributed by atoms with Gasteiger partial charge in [-0.15, -0.1) is 0 Å². The van der Waals surface area contributed by atoms with Gasteiger partial charge < -0.3 is 4.74 Å². The molecule has 0 saturated heterocycles. The Kier molecular flexibility index (Phi) is 5.71. The third kappa shape index (κ3) is 3.57. The highest BCUT2D eigenvalue weighted by Crippen LogP contribution is 2.44. The molecule has 1 unspecified atom stereocenters. The molecule has 0 radical (unpaired) electrons. The predicted octanol–water partition coefficient (Wildman–Crippen LogP) is 4.43. The number of carbonyl (C=O) groups is 2. The zero-order chi connectivity index (χ0) is 18.0. The van der Waals surface area contributed by atoms with Crippen molar-refractivity contribution in [1.29, 1.82) is 0 Å². The molecule has 0 N–H and O–H groups in total. The van der Waals surface area contributed by atoms with Crippen LogP contribution < -0.4 is 0 Å². The number of Topliss-reactive ketones (excluding diaryl/α,β-unsaturated/α-hetero) is 1. The number of hydrogen-bond donors (Lipinski definition) is 0. The average Bonchev–Trinajstić information content (AvgIpc) is 2.60. The number of carbonyl (C=O) groups excluding carboxylic acids is 2. The smallest absolute Gasteiger partial charge is 0.315 e. The highest BCUT2D eigenvalue weighted by molar-refractivity contribution is 14.1. The van der Waals surface area contributed by atoms with Crippen LogP contribution in [0.15, 0.2) is 40.5 Å². The fraction of sp³-hybridized carbons (Fsp3) is 0.450. The van der Waals surface area contributed by atoms with Crippen LogP contribution in [0.5, 0.6) is 0 Å². The molecule has 1 aromatic carbocycles. The number of nitrogens with zero attached hydrogens (tertiary/aromatic N) is 1. The van der Waals surface area contributed by atoms with Crippen LogP contribution >= 0.6 is 22.6 Å². The van der Waals surface area contributed by atoms with Gasteiger partial charge in [-0.05, 0) is 66.5 Å². The molecule has 3 rings (SSSR count). The predicted molar refractivity (Wildman–Crippen MR) is 106 cm³/mol. The van der Waals surface area contributed by atoms with Crippen LogP contribution in [0.4, 0.5) is 0 Å². The summed E-state index contributed by atoms with van der Waals surface area (Å²) in [4.78, 5) is 30.2. The number of ether oxygens (including phenoxy) is 1. The van der Waals surface area contributed by atoms with E-state index in [-0.39, 0.29) is 17.7 Å². The highest BCUT2D eigenvalue weighted by Gasteiger charge is 2.43. The highest BCUT2D eigenvalue weighted by atomic mass is 127. The SMILES string of the molecule is CCOC(=O)C1C(CC)=NC2=C(C(=O)CCC2)[C@@H]1c1cccc(I)c1. The van der Waals surface area contributed by atoms with Gasteiger partial charge in [0.2, 0.25) is 0 Å². The van der Waals surface area contributed by atoms with Crippen LogP contribution in [0.3, 0.4) is 0 Å². The maximum absolute atomic E-state index is 12.8. The van der Waals surface area contributed by atoms with Gasteiger partial charge in [0, 0.05) is 32.9 Å². The lowest BCUT2D eigenvalue weighted by atomic mass is 9.71. The van der Waals surface area contributed by atoms with Crippen molar-refractivity contribution in [2.75, 3.05) is 6.61 Å². The molecule has 0 spiro atoms. The molecule has 0 aromatic heterocycles. The van der Waals surface area contributed by atoms with E-state index in [1.807, 2.05) is 25.1 Å². The quantitative estimate of drug-likeness (QED) is 0.503. The third-order valence-corrected chi connectivity index (χ3v) is 5.49. The van der Waals surface area contributed by atoms with Crippen molar-refractivity contribution in [1.82, 2.24) is 0 Å². The summed E-state index contributed by atoms with van der Waals surface area (Å²) in [5, 5.41) is 0. The molecule has 1 aliphatic carbocycles. The van der Waals surface area contributed by atoms with Gasteiger partial charge in [-0.3, -0.25) is 14.6 Å². The summed E-state index contributed by atoms with van der Waals surface area (Å²) in [7, 11) is 0. The van der Waals surface area contributed by atoms with Crippen LogP contribution in [-0.2, 0) is 14.3 Å². The Morgan fingerprint density at radius 3 is 2.80 bits per heavy atom. The van der Waals surface area contributed by atoms with Gasteiger partial charge in [0.25, 0.3) is 0 Å². The first kappa shape index (κ1) is 18.3. The molecular weight excluding hydrogens is 429 g/mol. The van der Waals surface area contributed by atoms with Gasteiger partial charge >= 0.3 is 5.97 Å². The lowest BCUT2D eigenvalue weighted by Gasteiger charge is -2.35. The summed E-state index contributed by atoms with van der Waals surface area (Å²) >= 11 is 2.26. The standard InChI is InChI=1S/C20H22INO3/c1-3-14-19(20(24)25-4-2)17(12-7-5-8-13(21)11-12)18-15(22-14)9-6-10-16(18)23/h5,7-8,11,17,19H,3-4,6,9-10H2,1-2H3/t17-,19?/m0/s1. The van der Waals surface area contributed by atoms with Crippen LogP contribution in [0.25, 0.3) is 0 Å². The lowest BCUT2D eigenvalue weighted by Crippen LogP contribution is -2.38. The lowest BCUT2D eigenvalue weighted by molar-refractivity contribution is -0.146. The second-order valence-corrected chi connectivity index (χ2v) is 7.60. The van der Waals surface area contributed by atoms with Crippen LogP contribution in [0.2, 0.25) is 0 Å². The maximum atomic E-state index is 12.8. The number of benzene rings is 1. The molecule has 2 aliphatic rings. The van der Waals surface area contributed by atoms with E-state index in [4.69, 9.17) is 9.73 Å². The topological polar surface area (TPSA) is 55.7 Å². The second-order valence-electron chi connectivity index (χ2n) is 6.36. The van der Waals surface area contributed by atoms with Crippen molar-refractivity contribution in [3.63, 3.8) is 0 Å². The van der Waals surface area contributed by atoms with Crippen LogP contribution in [0.1, 0.15) is 51.0 Å². The molecule has 1 heterocycles. The average molecular weight is 451 g/mol. The number of ketones is 1. The minimum Gasteiger partial charge on any atom is -0.465 e. The Balaban J connectivity index is 2.18. The van der Waals surface area contributed by atoms with Gasteiger partial charge in [-0.25, -0.2) is 0 Å². The summed E-state index contributed by atoms with van der Waals surface area (Å²) in [6.45, 7) is 4.14. The van der Waals surface area contributed by atoms with Gasteiger partial charge in [0.1, 0.15) is 5.92 Å². The zero-order valence-corrected chi connectivity index (χ0v) is 16.7. The molecule has 4 nitrogen and oxygen atoms in total. The third-order valence-electron chi connectivity index (χ3n) is 4.82. The van der Waals surface area contributed by atoms with Crippen molar-refractivity contribution in [2.45, 2.75) is 45.4 Å². The van der Waals surface area contributed by atoms with Gasteiger partial charge in [0.15, 0.2) is 5.78 Å². The van der Waals surface area contributed by atoms with Gasteiger partial charge in [0.05, 0.1) is 6.61 Å². The van der Waals surface area contributed by atoms with E-state index in [9.17, 15) is 9.59 Å². The first-order chi connectivity index (χ1) is 12.1. The Hall–Kier alpha value is -1.50. The number of halogens is 1. The van der Waals surface area contributed by atoms with E-state index in [1.165, 1.54) is 0 Å². The Bertz CT molecular complexity index is 766.